The van der Waals surface area contributed by atoms with E-state index in [2.05, 4.69) is 30.3 Å². The summed E-state index contributed by atoms with van der Waals surface area (Å²) < 4.78 is 0. The molecule has 2 rings (SSSR count). The van der Waals surface area contributed by atoms with Gasteiger partial charge in [0.15, 0.2) is 0 Å². The number of para-hydroxylation sites is 1. The van der Waals surface area contributed by atoms with E-state index in [4.69, 9.17) is 12.1 Å². The molecule has 1 aromatic carbocycles. The van der Waals surface area contributed by atoms with Crippen LogP contribution in [0.2, 0.25) is 0 Å². The van der Waals surface area contributed by atoms with Crippen molar-refractivity contribution in [3.8, 4) is 0 Å². The lowest BCUT2D eigenvalue weighted by Gasteiger charge is -2.27. The molecule has 0 saturated heterocycles. The number of anilines is 1. The Balaban J connectivity index is 2.58. The van der Waals surface area contributed by atoms with E-state index < -0.39 is 0 Å². The number of fused-ring (bicyclic) bond motifs is 1. The Morgan fingerprint density at radius 2 is 2.07 bits per heavy atom. The fourth-order valence-corrected chi connectivity index (χ4v) is 1.96. The molecule has 0 saturated carbocycles. The molecule has 0 radical (unpaired) electrons. The van der Waals surface area contributed by atoms with E-state index in [1.807, 2.05) is 12.1 Å². The topological polar surface area (TPSA) is 48.2 Å². The minimum absolute atomic E-state index is 0.304. The van der Waals surface area contributed by atoms with Crippen molar-refractivity contribution < 1.29 is 0 Å². The number of nitrogens with one attached hydrogen (secondary N) is 2. The van der Waals surface area contributed by atoms with Crippen molar-refractivity contribution >= 4 is 11.4 Å². The molecule has 3 nitrogen and oxygen atoms in total. The number of allylic oxidation sites excluding steroid dienone is 1. The minimum Gasteiger partial charge on any atom is -0.313 e. The molecule has 15 heavy (non-hydrogen) atoms. The predicted octanol–water partition coefficient (Wildman–Crippen LogP) is 3.83. The van der Waals surface area contributed by atoms with Crippen molar-refractivity contribution in [1.82, 2.24) is 0 Å². The van der Waals surface area contributed by atoms with Gasteiger partial charge in [-0.3, -0.25) is 0 Å². The molecule has 0 spiro atoms. The van der Waals surface area contributed by atoms with Crippen LogP contribution in [0.15, 0.2) is 29.0 Å². The highest BCUT2D eigenvalue weighted by atomic mass is 15.0. The Morgan fingerprint density at radius 1 is 1.33 bits per heavy atom. The van der Waals surface area contributed by atoms with Crippen LogP contribution in [-0.4, -0.2) is 0 Å². The fraction of sp³-hybridized carbons (Fsp3) is 0.333. The third kappa shape index (κ3) is 1.41. The summed E-state index contributed by atoms with van der Waals surface area (Å²) in [7, 11) is 0. The van der Waals surface area contributed by atoms with Crippen molar-refractivity contribution in [3.05, 3.63) is 36.0 Å². The molecule has 0 amide bonds. The van der Waals surface area contributed by atoms with Gasteiger partial charge in [0.2, 0.25) is 6.58 Å². The fourth-order valence-electron chi connectivity index (χ4n) is 1.96. The van der Waals surface area contributed by atoms with Gasteiger partial charge in [-0.05, 0) is 17.5 Å². The molecule has 1 aliphatic rings. The number of rotatable bonds is 1. The molecule has 76 valence electrons. The molecule has 1 aromatic rings. The highest BCUT2D eigenvalue weighted by molar-refractivity contribution is 5.73. The van der Waals surface area contributed by atoms with Crippen LogP contribution in [0.4, 0.5) is 11.4 Å². The van der Waals surface area contributed by atoms with Gasteiger partial charge in [-0.1, -0.05) is 26.0 Å². The van der Waals surface area contributed by atoms with E-state index in [0.29, 0.717) is 17.5 Å². The van der Waals surface area contributed by atoms with Gasteiger partial charge in [0.05, 0.1) is 11.6 Å². The molecule has 2 atom stereocenters. The summed E-state index contributed by atoms with van der Waals surface area (Å²) in [6.07, 6.45) is 0. The summed E-state index contributed by atoms with van der Waals surface area (Å²) in [5.74, 6) is 0.668. The van der Waals surface area contributed by atoms with Gasteiger partial charge in [0.1, 0.15) is 5.69 Å². The third-order valence-corrected chi connectivity index (χ3v) is 3.20. The van der Waals surface area contributed by atoms with Crippen LogP contribution in [0, 0.1) is 18.0 Å². The number of nitrogens with zero attached hydrogens (tertiary/aromatic N) is 1. The van der Waals surface area contributed by atoms with Gasteiger partial charge in [-0.25, -0.2) is 5.53 Å². The summed E-state index contributed by atoms with van der Waals surface area (Å²) >= 11 is 0. The van der Waals surface area contributed by atoms with Crippen molar-refractivity contribution in [2.24, 2.45) is 11.0 Å². The number of hydrogen-bond acceptors (Lipinski definition) is 3. The molecule has 1 heterocycles. The quantitative estimate of drug-likeness (QED) is 0.525. The maximum absolute atomic E-state index is 7.10. The van der Waals surface area contributed by atoms with Crippen LogP contribution >= 0.6 is 0 Å². The first-order valence-corrected chi connectivity index (χ1v) is 5.05. The maximum atomic E-state index is 7.10. The summed E-state index contributed by atoms with van der Waals surface area (Å²) in [5, 5.41) is 6.64. The van der Waals surface area contributed by atoms with Crippen LogP contribution in [0.25, 0.3) is 0 Å². The molecule has 0 aromatic heterocycles. The Morgan fingerprint density at radius 3 is 2.73 bits per heavy atom. The van der Waals surface area contributed by atoms with Crippen molar-refractivity contribution in [1.29, 1.82) is 5.53 Å². The summed E-state index contributed by atoms with van der Waals surface area (Å²) in [6.45, 7) is 10.2. The molecule has 3 heteroatoms. The number of hydrogen-bond donors (Lipinski definition) is 2. The lowest BCUT2D eigenvalue weighted by atomic mass is 9.82. The molecule has 2 unspecified atom stereocenters. The molecule has 2 N–H and O–H groups in total. The summed E-state index contributed by atoms with van der Waals surface area (Å²) in [5.41, 5.74) is 10.6. The van der Waals surface area contributed by atoms with E-state index >= 15 is 0 Å². The number of benzene rings is 1. The first-order chi connectivity index (χ1) is 7.15. The molecule has 0 aliphatic carbocycles. The first kappa shape index (κ1) is 9.81. The molecule has 0 fully saturated rings. The normalized spacial score (nSPS) is 24.2. The molecular formula is C12H14N3+. The third-order valence-electron chi connectivity index (χ3n) is 3.20. The van der Waals surface area contributed by atoms with Gasteiger partial charge in [-0.15, -0.1) is 0 Å². The van der Waals surface area contributed by atoms with Gasteiger partial charge in [-0.2, -0.15) is 5.11 Å². The average molecular weight is 200 g/mol. The Kier molecular flexibility index (Phi) is 2.25. The Hall–Kier alpha value is -1.73. The van der Waals surface area contributed by atoms with Gasteiger partial charge < -0.3 is 5.32 Å². The second-order valence-electron chi connectivity index (χ2n) is 4.01. The Bertz CT molecular complexity index is 423. The second kappa shape index (κ2) is 3.44. The van der Waals surface area contributed by atoms with Crippen LogP contribution in [0.3, 0.4) is 0 Å². The zero-order valence-corrected chi connectivity index (χ0v) is 8.91. The molecule has 0 bridgehead atoms. The van der Waals surface area contributed by atoms with Crippen LogP contribution in [0.5, 0.6) is 0 Å². The van der Waals surface area contributed by atoms with E-state index in [1.165, 1.54) is 5.56 Å². The highest BCUT2D eigenvalue weighted by Gasteiger charge is 2.32. The maximum Gasteiger partial charge on any atom is 0.258 e. The highest BCUT2D eigenvalue weighted by Crippen LogP contribution is 2.43. The predicted molar refractivity (Wildman–Crippen MR) is 60.3 cm³/mol. The monoisotopic (exact) mass is 200 g/mol. The van der Waals surface area contributed by atoms with Gasteiger partial charge >= 0.3 is 0 Å². The smallest absolute Gasteiger partial charge is 0.258 e. The molecule has 1 aliphatic heterocycles. The second-order valence-corrected chi connectivity index (χ2v) is 4.01. The minimum atomic E-state index is 0.304. The Labute approximate surface area is 89.7 Å². The van der Waals surface area contributed by atoms with E-state index in [1.54, 1.807) is 0 Å². The first-order valence-electron chi connectivity index (χ1n) is 5.05. The largest absolute Gasteiger partial charge is 0.313 e. The van der Waals surface area contributed by atoms with E-state index in [0.717, 1.165) is 11.4 Å². The standard InChI is InChI=1S/C12H14N3/c1-7-8(2)10-5-4-6-11(15-13)12(10)14-9(7)3/h3-8,13-14H,1-2H3/q+1. The van der Waals surface area contributed by atoms with Crippen LogP contribution in [0.1, 0.15) is 25.3 Å². The summed E-state index contributed by atoms with van der Waals surface area (Å²) in [4.78, 5) is 0. The van der Waals surface area contributed by atoms with Crippen molar-refractivity contribution in [3.63, 3.8) is 0 Å². The van der Waals surface area contributed by atoms with Crippen molar-refractivity contribution in [2.45, 2.75) is 19.8 Å². The van der Waals surface area contributed by atoms with E-state index in [9.17, 15) is 0 Å². The molecular weight excluding hydrogens is 186 g/mol. The summed E-state index contributed by atoms with van der Waals surface area (Å²) in [6, 6.07) is 5.80. The van der Waals surface area contributed by atoms with Crippen LogP contribution < -0.4 is 5.32 Å². The van der Waals surface area contributed by atoms with Gasteiger partial charge in [0.25, 0.3) is 5.70 Å². The zero-order valence-electron chi connectivity index (χ0n) is 8.91. The average Bonchev–Trinajstić information content (AvgIpc) is 2.25. The van der Waals surface area contributed by atoms with E-state index in [-0.39, 0.29) is 0 Å². The lowest BCUT2D eigenvalue weighted by Crippen LogP contribution is -2.21. The lowest BCUT2D eigenvalue weighted by molar-refractivity contribution is 0.551. The zero-order chi connectivity index (χ0) is 11.0. The van der Waals surface area contributed by atoms with Gasteiger partial charge in [0, 0.05) is 0 Å². The SMILES string of the molecule is [CH+]=C1Nc2c(N=N)cccc2C(C)C1C. The van der Waals surface area contributed by atoms with Crippen molar-refractivity contribution in [2.75, 3.05) is 5.32 Å². The van der Waals surface area contributed by atoms with Crippen LogP contribution in [-0.2, 0) is 0 Å².